The summed E-state index contributed by atoms with van der Waals surface area (Å²) in [6.07, 6.45) is 0. The summed E-state index contributed by atoms with van der Waals surface area (Å²) in [5, 5.41) is 0. The van der Waals surface area contributed by atoms with Crippen molar-refractivity contribution in [3.63, 3.8) is 0 Å². The van der Waals surface area contributed by atoms with Gasteiger partial charge in [-0.15, -0.1) is 0 Å². The second kappa shape index (κ2) is 5.67. The summed E-state index contributed by atoms with van der Waals surface area (Å²) in [7, 11) is 2.93. The van der Waals surface area contributed by atoms with Crippen molar-refractivity contribution >= 4 is 27.9 Å². The Bertz CT molecular complexity index is 455. The molecule has 0 unspecified atom stereocenters. The van der Waals surface area contributed by atoms with E-state index in [9.17, 15) is 9.59 Å². The van der Waals surface area contributed by atoms with E-state index in [0.29, 0.717) is 16.0 Å². The highest BCUT2D eigenvalue weighted by Gasteiger charge is 2.16. The van der Waals surface area contributed by atoms with Gasteiger partial charge < -0.3 is 14.2 Å². The van der Waals surface area contributed by atoms with Crippen LogP contribution in [0.25, 0.3) is 0 Å². The zero-order valence-corrected chi connectivity index (χ0v) is 11.2. The topological polar surface area (TPSA) is 61.8 Å². The first-order valence-electron chi connectivity index (χ1n) is 4.63. The van der Waals surface area contributed by atoms with Crippen LogP contribution in [0.15, 0.2) is 16.6 Å². The van der Waals surface area contributed by atoms with Gasteiger partial charge in [0.05, 0.1) is 24.3 Å². The van der Waals surface area contributed by atoms with E-state index < -0.39 is 11.9 Å². The lowest BCUT2D eigenvalue weighted by molar-refractivity contribution is -0.135. The fourth-order valence-electron chi connectivity index (χ4n) is 1.23. The normalized spacial score (nSPS) is 9.65. The van der Waals surface area contributed by atoms with Crippen LogP contribution >= 0.6 is 15.9 Å². The molecular formula is C11H11BrO5. The third-order valence-electron chi connectivity index (χ3n) is 1.91. The summed E-state index contributed by atoms with van der Waals surface area (Å²) >= 11 is 3.24. The molecule has 17 heavy (non-hydrogen) atoms. The number of methoxy groups -OCH3 is 2. The maximum absolute atomic E-state index is 11.5. The Morgan fingerprint density at radius 3 is 2.29 bits per heavy atom. The zero-order valence-electron chi connectivity index (χ0n) is 9.57. The lowest BCUT2D eigenvalue weighted by Crippen LogP contribution is -2.09. The predicted molar refractivity (Wildman–Crippen MR) is 63.3 cm³/mol. The largest absolute Gasteiger partial charge is 0.493 e. The third-order valence-corrected chi connectivity index (χ3v) is 2.49. The van der Waals surface area contributed by atoms with E-state index in [4.69, 9.17) is 9.47 Å². The second-order valence-corrected chi connectivity index (χ2v) is 3.93. The number of ether oxygens (including phenoxy) is 3. The molecule has 1 aromatic rings. The Hall–Kier alpha value is -1.56. The van der Waals surface area contributed by atoms with Crippen molar-refractivity contribution in [1.82, 2.24) is 0 Å². The van der Waals surface area contributed by atoms with Crippen molar-refractivity contribution in [1.29, 1.82) is 0 Å². The molecule has 0 aromatic heterocycles. The van der Waals surface area contributed by atoms with Crippen molar-refractivity contribution in [2.75, 3.05) is 14.2 Å². The quantitative estimate of drug-likeness (QED) is 0.632. The number of benzene rings is 1. The number of hydrogen-bond donors (Lipinski definition) is 0. The SMILES string of the molecule is COc1cc(C(=O)OC(C)=O)cc(Br)c1OC. The molecule has 0 fully saturated rings. The van der Waals surface area contributed by atoms with E-state index in [1.165, 1.54) is 26.4 Å². The molecule has 0 amide bonds. The van der Waals surface area contributed by atoms with Gasteiger partial charge in [-0.3, -0.25) is 4.79 Å². The van der Waals surface area contributed by atoms with Crippen LogP contribution in [0.1, 0.15) is 17.3 Å². The van der Waals surface area contributed by atoms with Gasteiger partial charge in [0.25, 0.3) is 0 Å². The van der Waals surface area contributed by atoms with Gasteiger partial charge >= 0.3 is 11.9 Å². The van der Waals surface area contributed by atoms with Crippen molar-refractivity contribution in [2.24, 2.45) is 0 Å². The summed E-state index contributed by atoms with van der Waals surface area (Å²) in [5.41, 5.74) is 0.199. The smallest absolute Gasteiger partial charge is 0.345 e. The second-order valence-electron chi connectivity index (χ2n) is 3.07. The van der Waals surface area contributed by atoms with Crippen molar-refractivity contribution in [3.8, 4) is 11.5 Å². The summed E-state index contributed by atoms with van der Waals surface area (Å²) in [4.78, 5) is 22.2. The molecule has 0 aliphatic rings. The van der Waals surface area contributed by atoms with E-state index in [0.717, 1.165) is 6.92 Å². The van der Waals surface area contributed by atoms with Crippen LogP contribution in [0.4, 0.5) is 0 Å². The maximum Gasteiger partial charge on any atom is 0.345 e. The van der Waals surface area contributed by atoms with Gasteiger partial charge in [-0.25, -0.2) is 4.79 Å². The van der Waals surface area contributed by atoms with Crippen LogP contribution in [-0.2, 0) is 9.53 Å². The van der Waals surface area contributed by atoms with Crippen molar-refractivity contribution in [3.05, 3.63) is 22.2 Å². The molecule has 0 aliphatic heterocycles. The number of halogens is 1. The first kappa shape index (κ1) is 13.5. The monoisotopic (exact) mass is 302 g/mol. The first-order chi connectivity index (χ1) is 7.99. The minimum absolute atomic E-state index is 0.199. The number of carbonyl (C=O) groups excluding carboxylic acids is 2. The molecule has 6 heteroatoms. The Balaban J connectivity index is 3.15. The molecule has 5 nitrogen and oxygen atoms in total. The van der Waals surface area contributed by atoms with Gasteiger partial charge in [0, 0.05) is 6.92 Å². The number of rotatable bonds is 3. The summed E-state index contributed by atoms with van der Waals surface area (Å²) in [6, 6.07) is 2.93. The molecule has 0 atom stereocenters. The lowest BCUT2D eigenvalue weighted by Gasteiger charge is -2.10. The highest BCUT2D eigenvalue weighted by atomic mass is 79.9. The van der Waals surface area contributed by atoms with Crippen molar-refractivity contribution < 1.29 is 23.8 Å². The van der Waals surface area contributed by atoms with Crippen LogP contribution in [-0.4, -0.2) is 26.2 Å². The predicted octanol–water partition coefficient (Wildman–Crippen LogP) is 2.17. The van der Waals surface area contributed by atoms with Crippen LogP contribution in [0.3, 0.4) is 0 Å². The average molecular weight is 303 g/mol. The number of carbonyl (C=O) groups is 2. The minimum Gasteiger partial charge on any atom is -0.493 e. The minimum atomic E-state index is -0.737. The Morgan fingerprint density at radius 2 is 1.82 bits per heavy atom. The molecule has 0 heterocycles. The van der Waals surface area contributed by atoms with Crippen molar-refractivity contribution in [2.45, 2.75) is 6.92 Å². The fraction of sp³-hybridized carbons (Fsp3) is 0.273. The van der Waals surface area contributed by atoms with Gasteiger partial charge in [-0.1, -0.05) is 0 Å². The van der Waals surface area contributed by atoms with Crippen LogP contribution in [0.5, 0.6) is 11.5 Å². The Labute approximate surface area is 107 Å². The average Bonchev–Trinajstić information content (AvgIpc) is 2.26. The van der Waals surface area contributed by atoms with Crippen LogP contribution in [0, 0.1) is 0 Å². The van der Waals surface area contributed by atoms with Crippen LogP contribution < -0.4 is 9.47 Å². The summed E-state index contributed by atoms with van der Waals surface area (Å²) < 4.78 is 15.2. The summed E-state index contributed by atoms with van der Waals surface area (Å²) in [6.45, 7) is 1.16. The third kappa shape index (κ3) is 3.20. The number of hydrogen-bond acceptors (Lipinski definition) is 5. The van der Waals surface area contributed by atoms with E-state index in [1.54, 1.807) is 0 Å². The summed E-state index contributed by atoms with van der Waals surface area (Å²) in [5.74, 6) is -0.565. The van der Waals surface area contributed by atoms with Gasteiger partial charge in [-0.2, -0.15) is 0 Å². The van der Waals surface area contributed by atoms with Gasteiger partial charge in [0.1, 0.15) is 0 Å². The van der Waals surface area contributed by atoms with E-state index in [-0.39, 0.29) is 5.56 Å². The first-order valence-corrected chi connectivity index (χ1v) is 5.43. The Kier molecular flexibility index (Phi) is 4.51. The molecule has 92 valence electrons. The molecule has 0 bridgehead atoms. The molecule has 0 aliphatic carbocycles. The molecule has 0 spiro atoms. The molecule has 0 saturated carbocycles. The zero-order chi connectivity index (χ0) is 13.0. The number of esters is 2. The highest BCUT2D eigenvalue weighted by molar-refractivity contribution is 9.10. The molecule has 0 saturated heterocycles. The van der Waals surface area contributed by atoms with E-state index in [1.807, 2.05) is 0 Å². The van der Waals surface area contributed by atoms with Crippen LogP contribution in [0.2, 0.25) is 0 Å². The Morgan fingerprint density at radius 1 is 1.18 bits per heavy atom. The standard InChI is InChI=1S/C11H11BrO5/c1-6(13)17-11(14)7-4-8(12)10(16-3)9(5-7)15-2/h4-5H,1-3H3. The van der Waals surface area contributed by atoms with Gasteiger partial charge in [0.2, 0.25) is 0 Å². The lowest BCUT2D eigenvalue weighted by atomic mass is 10.2. The maximum atomic E-state index is 11.5. The fourth-order valence-corrected chi connectivity index (χ4v) is 1.83. The molecule has 1 aromatic carbocycles. The van der Waals surface area contributed by atoms with Gasteiger partial charge in [0.15, 0.2) is 11.5 Å². The van der Waals surface area contributed by atoms with E-state index >= 15 is 0 Å². The molecular weight excluding hydrogens is 292 g/mol. The van der Waals surface area contributed by atoms with E-state index in [2.05, 4.69) is 20.7 Å². The highest BCUT2D eigenvalue weighted by Crippen LogP contribution is 2.36. The molecule has 0 N–H and O–H groups in total. The molecule has 1 rings (SSSR count). The van der Waals surface area contributed by atoms with Gasteiger partial charge in [-0.05, 0) is 28.1 Å². The molecule has 0 radical (unpaired) electrons.